The number of benzene rings is 2. The molecule has 0 saturated carbocycles. The van der Waals surface area contributed by atoms with Gasteiger partial charge in [-0.2, -0.15) is 0 Å². The molecule has 0 radical (unpaired) electrons. The summed E-state index contributed by atoms with van der Waals surface area (Å²) in [7, 11) is 1.69. The zero-order valence-corrected chi connectivity index (χ0v) is 16.7. The molecule has 0 aromatic heterocycles. The highest BCUT2D eigenvalue weighted by molar-refractivity contribution is 5.88. The molecule has 1 N–H and O–H groups in total. The van der Waals surface area contributed by atoms with Crippen molar-refractivity contribution in [2.75, 3.05) is 56.7 Å². The summed E-state index contributed by atoms with van der Waals surface area (Å²) >= 11 is 0. The molecule has 1 amide bonds. The van der Waals surface area contributed by atoms with Crippen LogP contribution in [-0.4, -0.2) is 57.2 Å². The second kappa shape index (κ2) is 9.99. The predicted octanol–water partition coefficient (Wildman–Crippen LogP) is 3.24. The Morgan fingerprint density at radius 3 is 2.21 bits per heavy atom. The zero-order valence-electron chi connectivity index (χ0n) is 16.7. The summed E-state index contributed by atoms with van der Waals surface area (Å²) in [6.07, 6.45) is 0.996. The minimum atomic E-state index is -0.0687. The van der Waals surface area contributed by atoms with Crippen molar-refractivity contribution in [1.29, 1.82) is 0 Å². The molecule has 6 heteroatoms. The lowest BCUT2D eigenvalue weighted by atomic mass is 10.2. The van der Waals surface area contributed by atoms with Gasteiger partial charge in [0.15, 0.2) is 0 Å². The lowest BCUT2D eigenvalue weighted by molar-refractivity contribution is -0.114. The molecule has 0 bridgehead atoms. The van der Waals surface area contributed by atoms with Gasteiger partial charge in [0.2, 0.25) is 5.91 Å². The Labute approximate surface area is 167 Å². The molecule has 6 nitrogen and oxygen atoms in total. The van der Waals surface area contributed by atoms with Crippen LogP contribution in [-0.2, 0) is 4.79 Å². The summed E-state index contributed by atoms with van der Waals surface area (Å²) in [4.78, 5) is 15.9. The number of hydrogen-bond acceptors (Lipinski definition) is 5. The highest BCUT2D eigenvalue weighted by atomic mass is 16.5. The first-order valence-electron chi connectivity index (χ1n) is 9.76. The Balaban J connectivity index is 1.33. The van der Waals surface area contributed by atoms with Crippen molar-refractivity contribution in [1.82, 2.24) is 4.90 Å². The molecular formula is C22H29N3O3. The fourth-order valence-corrected chi connectivity index (χ4v) is 3.34. The van der Waals surface area contributed by atoms with E-state index in [2.05, 4.69) is 27.2 Å². The third kappa shape index (κ3) is 5.89. The van der Waals surface area contributed by atoms with E-state index in [1.54, 1.807) is 7.11 Å². The van der Waals surface area contributed by atoms with E-state index in [-0.39, 0.29) is 5.91 Å². The molecule has 1 saturated heterocycles. The largest absolute Gasteiger partial charge is 0.497 e. The average Bonchev–Trinajstić information content (AvgIpc) is 2.72. The number of piperazine rings is 1. The van der Waals surface area contributed by atoms with E-state index in [9.17, 15) is 4.79 Å². The van der Waals surface area contributed by atoms with Crippen LogP contribution in [0.5, 0.6) is 11.5 Å². The van der Waals surface area contributed by atoms with Crippen LogP contribution in [0.15, 0.2) is 48.5 Å². The first-order valence-corrected chi connectivity index (χ1v) is 9.76. The third-order valence-electron chi connectivity index (χ3n) is 4.87. The second-order valence-corrected chi connectivity index (χ2v) is 6.93. The fraction of sp³-hybridized carbons (Fsp3) is 0.409. The van der Waals surface area contributed by atoms with Crippen molar-refractivity contribution in [2.45, 2.75) is 13.3 Å². The Morgan fingerprint density at radius 1 is 0.964 bits per heavy atom. The van der Waals surface area contributed by atoms with Crippen LogP contribution in [0.1, 0.15) is 13.3 Å². The summed E-state index contributed by atoms with van der Waals surface area (Å²) in [6, 6.07) is 15.8. The van der Waals surface area contributed by atoms with Crippen LogP contribution in [0, 0.1) is 0 Å². The maximum Gasteiger partial charge on any atom is 0.221 e. The number of rotatable bonds is 8. The second-order valence-electron chi connectivity index (χ2n) is 6.93. The number of methoxy groups -OCH3 is 1. The van der Waals surface area contributed by atoms with Crippen LogP contribution in [0.25, 0.3) is 0 Å². The van der Waals surface area contributed by atoms with Crippen LogP contribution in [0.2, 0.25) is 0 Å². The maximum atomic E-state index is 11.0. The monoisotopic (exact) mass is 383 g/mol. The molecule has 3 rings (SSSR count). The topological polar surface area (TPSA) is 54.0 Å². The Morgan fingerprint density at radius 2 is 1.61 bits per heavy atom. The van der Waals surface area contributed by atoms with Crippen molar-refractivity contribution in [2.24, 2.45) is 0 Å². The van der Waals surface area contributed by atoms with Gasteiger partial charge in [-0.25, -0.2) is 0 Å². The lowest BCUT2D eigenvalue weighted by Crippen LogP contribution is -2.46. The van der Waals surface area contributed by atoms with Gasteiger partial charge in [0.25, 0.3) is 0 Å². The number of carbonyl (C=O) groups is 1. The molecule has 0 atom stereocenters. The van der Waals surface area contributed by atoms with E-state index in [1.807, 2.05) is 36.4 Å². The average molecular weight is 383 g/mol. The number of carbonyl (C=O) groups excluding carboxylic acids is 1. The molecule has 0 spiro atoms. The third-order valence-corrected chi connectivity index (χ3v) is 4.87. The molecule has 0 aliphatic carbocycles. The van der Waals surface area contributed by atoms with Gasteiger partial charge in [-0.3, -0.25) is 9.69 Å². The van der Waals surface area contributed by atoms with Gasteiger partial charge in [-0.05, 0) is 55.0 Å². The van der Waals surface area contributed by atoms with Crippen LogP contribution < -0.4 is 19.7 Å². The minimum absolute atomic E-state index is 0.0687. The van der Waals surface area contributed by atoms with E-state index in [1.165, 1.54) is 12.6 Å². The quantitative estimate of drug-likeness (QED) is 0.709. The summed E-state index contributed by atoms with van der Waals surface area (Å²) < 4.78 is 11.0. The van der Waals surface area contributed by atoms with Gasteiger partial charge >= 0.3 is 0 Å². The lowest BCUT2D eigenvalue weighted by Gasteiger charge is -2.36. The molecule has 150 valence electrons. The SMILES string of the molecule is COc1ccc(N2CCN(CCCOc3ccc(NC(C)=O)cc3)CC2)cc1. The molecular weight excluding hydrogens is 354 g/mol. The number of ether oxygens (including phenoxy) is 2. The number of nitrogens with one attached hydrogen (secondary N) is 1. The number of nitrogens with zero attached hydrogens (tertiary/aromatic N) is 2. The standard InChI is InChI=1S/C22H29N3O3/c1-18(26)23-19-4-8-22(9-5-19)28-17-3-12-24-13-15-25(16-14-24)20-6-10-21(27-2)11-7-20/h4-11H,3,12-17H2,1-2H3,(H,23,26). The van der Waals surface area contributed by atoms with Gasteiger partial charge in [0.05, 0.1) is 13.7 Å². The molecule has 1 aliphatic rings. The maximum absolute atomic E-state index is 11.0. The number of anilines is 2. The summed E-state index contributed by atoms with van der Waals surface area (Å²) in [5, 5.41) is 2.75. The first-order chi connectivity index (χ1) is 13.6. The Kier molecular flexibility index (Phi) is 7.14. The highest BCUT2D eigenvalue weighted by Gasteiger charge is 2.16. The zero-order chi connectivity index (χ0) is 19.8. The smallest absolute Gasteiger partial charge is 0.221 e. The molecule has 28 heavy (non-hydrogen) atoms. The summed E-state index contributed by atoms with van der Waals surface area (Å²) in [5.41, 5.74) is 2.04. The van der Waals surface area contributed by atoms with Gasteiger partial charge in [-0.1, -0.05) is 0 Å². The molecule has 1 fully saturated rings. The van der Waals surface area contributed by atoms with Gasteiger partial charge in [-0.15, -0.1) is 0 Å². The van der Waals surface area contributed by atoms with Crippen LogP contribution in [0.3, 0.4) is 0 Å². The Bertz CT molecular complexity index is 739. The normalized spacial score (nSPS) is 14.6. The molecule has 1 aliphatic heterocycles. The molecule has 1 heterocycles. The van der Waals surface area contributed by atoms with Crippen molar-refractivity contribution in [3.63, 3.8) is 0 Å². The van der Waals surface area contributed by atoms with E-state index >= 15 is 0 Å². The Hall–Kier alpha value is -2.73. The summed E-state index contributed by atoms with van der Waals surface area (Å²) in [6.45, 7) is 7.45. The molecule has 0 unspecified atom stereocenters. The van der Waals surface area contributed by atoms with Crippen LogP contribution in [0.4, 0.5) is 11.4 Å². The van der Waals surface area contributed by atoms with Gasteiger partial charge in [0.1, 0.15) is 11.5 Å². The van der Waals surface area contributed by atoms with E-state index < -0.39 is 0 Å². The van der Waals surface area contributed by atoms with Crippen molar-refractivity contribution < 1.29 is 14.3 Å². The van der Waals surface area contributed by atoms with Gasteiger partial charge < -0.3 is 19.7 Å². The molecule has 2 aromatic carbocycles. The predicted molar refractivity (Wildman–Crippen MR) is 113 cm³/mol. The van der Waals surface area contributed by atoms with E-state index in [4.69, 9.17) is 9.47 Å². The number of hydrogen-bond donors (Lipinski definition) is 1. The minimum Gasteiger partial charge on any atom is -0.497 e. The van der Waals surface area contributed by atoms with E-state index in [0.29, 0.717) is 6.61 Å². The first kappa shape index (κ1) is 20.0. The molecule has 2 aromatic rings. The summed E-state index contributed by atoms with van der Waals surface area (Å²) in [5.74, 6) is 1.66. The van der Waals surface area contributed by atoms with Crippen molar-refractivity contribution in [3.8, 4) is 11.5 Å². The van der Waals surface area contributed by atoms with E-state index in [0.717, 1.165) is 56.3 Å². The van der Waals surface area contributed by atoms with Crippen LogP contribution >= 0.6 is 0 Å². The highest BCUT2D eigenvalue weighted by Crippen LogP contribution is 2.20. The fourth-order valence-electron chi connectivity index (χ4n) is 3.34. The number of amides is 1. The van der Waals surface area contributed by atoms with Crippen molar-refractivity contribution >= 4 is 17.3 Å². The van der Waals surface area contributed by atoms with Crippen molar-refractivity contribution in [3.05, 3.63) is 48.5 Å². The van der Waals surface area contributed by atoms with Gasteiger partial charge in [0, 0.05) is 51.0 Å².